The fourth-order valence-electron chi connectivity index (χ4n) is 2.85. The van der Waals surface area contributed by atoms with Crippen LogP contribution in [-0.2, 0) is 0 Å². The molecule has 1 N–H and O–H groups in total. The number of hydrogen-bond acceptors (Lipinski definition) is 5. The van der Waals surface area contributed by atoms with Crippen molar-refractivity contribution in [2.45, 2.75) is 13.8 Å². The maximum atomic E-state index is 12.6. The van der Waals surface area contributed by atoms with Gasteiger partial charge in [-0.25, -0.2) is 4.98 Å². The maximum absolute atomic E-state index is 12.6. The van der Waals surface area contributed by atoms with Crippen molar-refractivity contribution in [2.75, 3.05) is 42.9 Å². The zero-order valence-electron chi connectivity index (χ0n) is 14.5. The lowest BCUT2D eigenvalue weighted by Crippen LogP contribution is -2.49. The van der Waals surface area contributed by atoms with Crippen LogP contribution in [0, 0.1) is 6.92 Å². The first kappa shape index (κ1) is 17.5. The minimum absolute atomic E-state index is 0.0369. The maximum Gasteiger partial charge on any atom is 0.253 e. The first-order valence-electron chi connectivity index (χ1n) is 8.46. The Balaban J connectivity index is 1.65. The number of nitrogens with one attached hydrogen (secondary N) is 1. The van der Waals surface area contributed by atoms with Crippen LogP contribution in [0.1, 0.15) is 23.0 Å². The lowest BCUT2D eigenvalue weighted by molar-refractivity contribution is 0.0746. The molecule has 3 rings (SSSR count). The molecule has 0 spiro atoms. The summed E-state index contributed by atoms with van der Waals surface area (Å²) in [6.07, 6.45) is 0. The van der Waals surface area contributed by atoms with Gasteiger partial charge >= 0.3 is 0 Å². The van der Waals surface area contributed by atoms with Crippen molar-refractivity contribution in [1.82, 2.24) is 14.9 Å². The number of amides is 1. The number of aryl methyl sites for hydroxylation is 1. The Morgan fingerprint density at radius 2 is 1.84 bits per heavy atom. The van der Waals surface area contributed by atoms with Gasteiger partial charge in [-0.3, -0.25) is 4.79 Å². The fraction of sp³-hybridized carbons (Fsp3) is 0.389. The second-order valence-electron chi connectivity index (χ2n) is 6.01. The minimum atomic E-state index is 0.0369. The van der Waals surface area contributed by atoms with E-state index in [1.807, 2.05) is 24.8 Å². The SMILES string of the molecule is CCNc1cc(C)nc(N2CCN(C(=O)c3ccc(Cl)cc3)CC2)n1. The highest BCUT2D eigenvalue weighted by Crippen LogP contribution is 2.17. The van der Waals surface area contributed by atoms with Crippen molar-refractivity contribution in [2.24, 2.45) is 0 Å². The number of benzene rings is 1. The third-order valence-corrected chi connectivity index (χ3v) is 4.39. The molecule has 2 heterocycles. The van der Waals surface area contributed by atoms with E-state index in [1.54, 1.807) is 24.3 Å². The average Bonchev–Trinajstić information content (AvgIpc) is 2.62. The molecule has 0 saturated carbocycles. The number of rotatable bonds is 4. The second-order valence-corrected chi connectivity index (χ2v) is 6.45. The molecule has 1 aliphatic heterocycles. The first-order valence-corrected chi connectivity index (χ1v) is 8.84. The van der Waals surface area contributed by atoms with E-state index in [0.29, 0.717) is 36.8 Å². The molecule has 0 radical (unpaired) electrons. The molecule has 0 aliphatic carbocycles. The number of carbonyl (C=O) groups excluding carboxylic acids is 1. The summed E-state index contributed by atoms with van der Waals surface area (Å²) >= 11 is 5.89. The zero-order valence-corrected chi connectivity index (χ0v) is 15.3. The van der Waals surface area contributed by atoms with Gasteiger partial charge in [0, 0.05) is 55.1 Å². The highest BCUT2D eigenvalue weighted by molar-refractivity contribution is 6.30. The Bertz CT molecular complexity index is 742. The van der Waals surface area contributed by atoms with Crippen LogP contribution in [0.5, 0.6) is 0 Å². The molecule has 1 aromatic heterocycles. The summed E-state index contributed by atoms with van der Waals surface area (Å²) in [5.74, 6) is 1.59. The van der Waals surface area contributed by atoms with E-state index in [-0.39, 0.29) is 5.91 Å². The number of aromatic nitrogens is 2. The summed E-state index contributed by atoms with van der Waals surface area (Å²) in [6, 6.07) is 8.96. The third kappa shape index (κ3) is 4.20. The Morgan fingerprint density at radius 1 is 1.16 bits per heavy atom. The molecule has 25 heavy (non-hydrogen) atoms. The topological polar surface area (TPSA) is 61.4 Å². The van der Waals surface area contributed by atoms with Gasteiger partial charge in [0.25, 0.3) is 5.91 Å². The van der Waals surface area contributed by atoms with Crippen molar-refractivity contribution in [3.8, 4) is 0 Å². The van der Waals surface area contributed by atoms with Gasteiger partial charge in [0.05, 0.1) is 0 Å². The summed E-state index contributed by atoms with van der Waals surface area (Å²) in [6.45, 7) is 7.55. The molecule has 1 amide bonds. The summed E-state index contributed by atoms with van der Waals surface area (Å²) < 4.78 is 0. The normalized spacial score (nSPS) is 14.5. The number of nitrogens with zero attached hydrogens (tertiary/aromatic N) is 4. The monoisotopic (exact) mass is 359 g/mol. The number of carbonyl (C=O) groups is 1. The van der Waals surface area contributed by atoms with Crippen molar-refractivity contribution in [1.29, 1.82) is 0 Å². The number of hydrogen-bond donors (Lipinski definition) is 1. The van der Waals surface area contributed by atoms with Crippen LogP contribution in [0.4, 0.5) is 11.8 Å². The van der Waals surface area contributed by atoms with E-state index in [9.17, 15) is 4.79 Å². The smallest absolute Gasteiger partial charge is 0.253 e. The third-order valence-electron chi connectivity index (χ3n) is 4.14. The van der Waals surface area contributed by atoms with Crippen LogP contribution < -0.4 is 10.2 Å². The van der Waals surface area contributed by atoms with Gasteiger partial charge in [-0.05, 0) is 38.1 Å². The molecule has 0 bridgehead atoms. The quantitative estimate of drug-likeness (QED) is 0.909. The molecule has 0 unspecified atom stereocenters. The molecule has 6 nitrogen and oxygen atoms in total. The number of halogens is 1. The molecular weight excluding hydrogens is 338 g/mol. The predicted molar refractivity (Wildman–Crippen MR) is 101 cm³/mol. The summed E-state index contributed by atoms with van der Waals surface area (Å²) in [4.78, 5) is 25.7. The molecule has 2 aromatic rings. The van der Waals surface area contributed by atoms with Crippen LogP contribution in [0.2, 0.25) is 5.02 Å². The summed E-state index contributed by atoms with van der Waals surface area (Å²) in [7, 11) is 0. The molecule has 1 saturated heterocycles. The van der Waals surface area contributed by atoms with E-state index >= 15 is 0 Å². The van der Waals surface area contributed by atoms with Gasteiger partial charge in [-0.2, -0.15) is 4.98 Å². The van der Waals surface area contributed by atoms with Crippen LogP contribution in [-0.4, -0.2) is 53.5 Å². The number of anilines is 2. The van der Waals surface area contributed by atoms with Gasteiger partial charge in [-0.1, -0.05) is 11.6 Å². The Hall–Kier alpha value is -2.34. The Labute approximate surface area is 152 Å². The lowest BCUT2D eigenvalue weighted by atomic mass is 10.2. The van der Waals surface area contributed by atoms with Crippen molar-refractivity contribution in [3.05, 3.63) is 46.6 Å². The lowest BCUT2D eigenvalue weighted by Gasteiger charge is -2.35. The molecule has 1 aromatic carbocycles. The van der Waals surface area contributed by atoms with Crippen molar-refractivity contribution < 1.29 is 4.79 Å². The second kappa shape index (κ2) is 7.70. The molecule has 1 aliphatic rings. The Morgan fingerprint density at radius 3 is 2.48 bits per heavy atom. The van der Waals surface area contributed by atoms with Gasteiger partial charge in [0.2, 0.25) is 5.95 Å². The van der Waals surface area contributed by atoms with Gasteiger partial charge in [-0.15, -0.1) is 0 Å². The van der Waals surface area contributed by atoms with E-state index in [4.69, 9.17) is 11.6 Å². The highest BCUT2D eigenvalue weighted by Gasteiger charge is 2.23. The molecule has 132 valence electrons. The molecular formula is C18H22ClN5O. The number of piperazine rings is 1. The summed E-state index contributed by atoms with van der Waals surface area (Å²) in [5, 5.41) is 3.86. The van der Waals surface area contributed by atoms with E-state index < -0.39 is 0 Å². The average molecular weight is 360 g/mol. The largest absolute Gasteiger partial charge is 0.370 e. The van der Waals surface area contributed by atoms with Gasteiger partial charge < -0.3 is 15.1 Å². The van der Waals surface area contributed by atoms with E-state index in [0.717, 1.165) is 24.0 Å². The van der Waals surface area contributed by atoms with Gasteiger partial charge in [0.1, 0.15) is 5.82 Å². The van der Waals surface area contributed by atoms with Crippen molar-refractivity contribution >= 4 is 29.3 Å². The molecule has 0 atom stereocenters. The molecule has 1 fully saturated rings. The van der Waals surface area contributed by atoms with Gasteiger partial charge in [0.15, 0.2) is 0 Å². The van der Waals surface area contributed by atoms with Crippen LogP contribution in [0.15, 0.2) is 30.3 Å². The van der Waals surface area contributed by atoms with Crippen LogP contribution in [0.3, 0.4) is 0 Å². The molecule has 7 heteroatoms. The predicted octanol–water partition coefficient (Wildman–Crippen LogP) is 2.83. The van der Waals surface area contributed by atoms with E-state index in [1.165, 1.54) is 0 Å². The Kier molecular flexibility index (Phi) is 5.38. The standard InChI is InChI=1S/C18H22ClN5O/c1-3-20-16-12-13(2)21-18(22-16)24-10-8-23(9-11-24)17(25)14-4-6-15(19)7-5-14/h4-7,12H,3,8-11H2,1-2H3,(H,20,21,22). The summed E-state index contributed by atoms with van der Waals surface area (Å²) in [5.41, 5.74) is 1.60. The highest BCUT2D eigenvalue weighted by atomic mass is 35.5. The fourth-order valence-corrected chi connectivity index (χ4v) is 2.98. The van der Waals surface area contributed by atoms with Crippen LogP contribution >= 0.6 is 11.6 Å². The van der Waals surface area contributed by atoms with Crippen LogP contribution in [0.25, 0.3) is 0 Å². The van der Waals surface area contributed by atoms with E-state index in [2.05, 4.69) is 20.2 Å². The first-order chi connectivity index (χ1) is 12.1. The van der Waals surface area contributed by atoms with Crippen molar-refractivity contribution in [3.63, 3.8) is 0 Å². The minimum Gasteiger partial charge on any atom is -0.370 e. The zero-order chi connectivity index (χ0) is 17.8.